The molecule has 2 nitrogen and oxygen atoms in total. The van der Waals surface area contributed by atoms with Gasteiger partial charge >= 0.3 is 0 Å². The van der Waals surface area contributed by atoms with E-state index in [-0.39, 0.29) is 0 Å². The topological polar surface area (TPSA) is 3.24 Å². The van der Waals surface area contributed by atoms with Crippen LogP contribution in [-0.4, -0.2) is 42.2 Å². The lowest BCUT2D eigenvalue weighted by molar-refractivity contribution is -0.981. The molecule has 1 aromatic carbocycles. The van der Waals surface area contributed by atoms with Crippen LogP contribution >= 0.6 is 15.9 Å². The monoisotopic (exact) mass is 335 g/mol. The van der Waals surface area contributed by atoms with Crippen molar-refractivity contribution in [3.05, 3.63) is 34.3 Å². The lowest BCUT2D eigenvalue weighted by atomic mass is 9.63. The second-order valence-corrected chi connectivity index (χ2v) is 9.29. The third kappa shape index (κ3) is 2.15. The lowest BCUT2D eigenvalue weighted by Gasteiger charge is -2.66. The summed E-state index contributed by atoms with van der Waals surface area (Å²) in [4.78, 5) is 2.73. The van der Waals surface area contributed by atoms with Gasteiger partial charge in [0.15, 0.2) is 0 Å². The number of quaternary nitrogens is 1. The van der Waals surface area contributed by atoms with Crippen molar-refractivity contribution < 1.29 is 4.48 Å². The van der Waals surface area contributed by atoms with Gasteiger partial charge in [-0.25, -0.2) is 0 Å². The van der Waals surface area contributed by atoms with Crippen LogP contribution < -0.4 is 0 Å². The maximum atomic E-state index is 3.62. The highest BCUT2D eigenvalue weighted by molar-refractivity contribution is 9.10. The largest absolute Gasteiger partial charge is 0.306 e. The Morgan fingerprint density at radius 2 is 1.90 bits per heavy atom. The quantitative estimate of drug-likeness (QED) is 0.748. The van der Waals surface area contributed by atoms with E-state index in [0.717, 1.165) is 0 Å². The van der Waals surface area contributed by atoms with Crippen molar-refractivity contribution in [2.24, 2.45) is 10.8 Å². The average Bonchev–Trinajstić information content (AvgIpc) is 2.22. The van der Waals surface area contributed by atoms with E-state index in [1.165, 1.54) is 60.3 Å². The highest BCUT2D eigenvalue weighted by Crippen LogP contribution is 2.52. The first-order valence-corrected chi connectivity index (χ1v) is 8.49. The van der Waals surface area contributed by atoms with E-state index in [1.54, 1.807) is 0 Å². The van der Waals surface area contributed by atoms with Crippen LogP contribution in [0.15, 0.2) is 28.7 Å². The Kier molecular flexibility index (Phi) is 2.72. The number of benzene rings is 1. The third-order valence-corrected chi connectivity index (χ3v) is 5.90. The second kappa shape index (κ2) is 4.08. The van der Waals surface area contributed by atoms with Gasteiger partial charge in [-0.3, -0.25) is 4.90 Å². The summed E-state index contributed by atoms with van der Waals surface area (Å²) in [6, 6.07) is 8.90. The molecule has 20 heavy (non-hydrogen) atoms. The molecule has 108 valence electrons. The van der Waals surface area contributed by atoms with Gasteiger partial charge in [0.1, 0.15) is 13.2 Å². The molecule has 4 bridgehead atoms. The van der Waals surface area contributed by atoms with Crippen LogP contribution in [0.1, 0.15) is 25.8 Å². The van der Waals surface area contributed by atoms with Gasteiger partial charge in [-0.15, -0.1) is 0 Å². The Bertz CT molecular complexity index is 538. The van der Waals surface area contributed by atoms with E-state index in [9.17, 15) is 0 Å². The van der Waals surface area contributed by atoms with Crippen molar-refractivity contribution in [1.29, 1.82) is 0 Å². The smallest absolute Gasteiger partial charge is 0.135 e. The van der Waals surface area contributed by atoms with Gasteiger partial charge < -0.3 is 4.48 Å². The van der Waals surface area contributed by atoms with Crippen LogP contribution in [0, 0.1) is 10.8 Å². The van der Waals surface area contributed by atoms with E-state index in [4.69, 9.17) is 0 Å². The first-order chi connectivity index (χ1) is 9.38. The van der Waals surface area contributed by atoms with E-state index < -0.39 is 0 Å². The van der Waals surface area contributed by atoms with E-state index >= 15 is 0 Å². The van der Waals surface area contributed by atoms with Gasteiger partial charge in [0.05, 0.1) is 13.1 Å². The maximum absolute atomic E-state index is 3.62. The predicted octanol–water partition coefficient (Wildman–Crippen LogP) is 3.47. The Hall–Kier alpha value is -0.380. The number of piperidine rings is 2. The molecule has 0 aromatic heterocycles. The molecule has 0 amide bonds. The maximum Gasteiger partial charge on any atom is 0.135 e. The molecule has 4 heterocycles. The van der Waals surface area contributed by atoms with Gasteiger partial charge in [0, 0.05) is 34.0 Å². The molecule has 0 radical (unpaired) electrons. The minimum atomic E-state index is 0.537. The molecule has 4 aliphatic heterocycles. The summed E-state index contributed by atoms with van der Waals surface area (Å²) < 4.78 is 2.49. The number of halogens is 1. The van der Waals surface area contributed by atoms with Crippen molar-refractivity contribution in [2.75, 3.05) is 32.8 Å². The SMILES string of the molecule is CC12CN3CC(C)(C1)C[N+](Cc1cccc(Br)c1)(C3)C2. The molecule has 2 atom stereocenters. The van der Waals surface area contributed by atoms with Crippen LogP contribution in [0.5, 0.6) is 0 Å². The zero-order chi connectivity index (χ0) is 14.0. The van der Waals surface area contributed by atoms with Gasteiger partial charge in [0.2, 0.25) is 0 Å². The standard InChI is InChI=1S/C17H24BrN2/c1-16-8-17(2)10-19(9-16)13-20(11-16,12-17)7-14-4-3-5-15(18)6-14/h3-6H,7-13H2,1-2H3/q+1. The van der Waals surface area contributed by atoms with Crippen molar-refractivity contribution in [3.8, 4) is 0 Å². The Morgan fingerprint density at radius 1 is 1.20 bits per heavy atom. The molecule has 3 heteroatoms. The number of hydrogen-bond acceptors (Lipinski definition) is 1. The summed E-state index contributed by atoms with van der Waals surface area (Å²) in [6.45, 7) is 12.9. The molecule has 0 saturated carbocycles. The zero-order valence-corrected chi connectivity index (χ0v) is 14.1. The molecule has 0 spiro atoms. The minimum absolute atomic E-state index is 0.537. The van der Waals surface area contributed by atoms with Crippen LogP contribution in [0.2, 0.25) is 0 Å². The summed E-state index contributed by atoms with van der Waals surface area (Å²) in [5.41, 5.74) is 2.56. The van der Waals surface area contributed by atoms with Gasteiger partial charge in [-0.05, 0) is 18.6 Å². The normalized spacial score (nSPS) is 45.9. The fourth-order valence-electron chi connectivity index (χ4n) is 5.97. The van der Waals surface area contributed by atoms with Crippen molar-refractivity contribution >= 4 is 15.9 Å². The van der Waals surface area contributed by atoms with Crippen LogP contribution in [0.3, 0.4) is 0 Å². The average molecular weight is 336 g/mol. The van der Waals surface area contributed by atoms with Crippen LogP contribution in [0.4, 0.5) is 0 Å². The molecule has 0 N–H and O–H groups in total. The highest BCUT2D eigenvalue weighted by Gasteiger charge is 2.60. The Balaban J connectivity index is 1.67. The number of nitrogens with zero attached hydrogens (tertiary/aromatic N) is 2. The van der Waals surface area contributed by atoms with Crippen molar-refractivity contribution in [1.82, 2.24) is 4.90 Å². The summed E-state index contributed by atoms with van der Waals surface area (Å²) >= 11 is 3.62. The first kappa shape index (κ1) is 13.3. The Labute approximate surface area is 130 Å². The molecule has 4 saturated heterocycles. The Morgan fingerprint density at radius 3 is 2.50 bits per heavy atom. The first-order valence-electron chi connectivity index (χ1n) is 7.70. The highest BCUT2D eigenvalue weighted by atomic mass is 79.9. The fraction of sp³-hybridized carbons (Fsp3) is 0.647. The van der Waals surface area contributed by atoms with Crippen LogP contribution in [0.25, 0.3) is 0 Å². The van der Waals surface area contributed by atoms with E-state index in [2.05, 4.69) is 58.9 Å². The fourth-order valence-corrected chi connectivity index (χ4v) is 6.42. The van der Waals surface area contributed by atoms with Gasteiger partial charge in [0.25, 0.3) is 0 Å². The molecular weight excluding hydrogens is 312 g/mol. The predicted molar refractivity (Wildman–Crippen MR) is 85.1 cm³/mol. The molecule has 4 aliphatic rings. The molecule has 2 unspecified atom stereocenters. The van der Waals surface area contributed by atoms with Gasteiger partial charge in [-0.1, -0.05) is 41.9 Å². The van der Waals surface area contributed by atoms with E-state index in [1.807, 2.05) is 0 Å². The second-order valence-electron chi connectivity index (χ2n) is 8.37. The van der Waals surface area contributed by atoms with E-state index in [0.29, 0.717) is 10.8 Å². The summed E-state index contributed by atoms with van der Waals surface area (Å²) in [5, 5.41) is 0. The summed E-state index contributed by atoms with van der Waals surface area (Å²) in [5.74, 6) is 0. The zero-order valence-electron chi connectivity index (χ0n) is 12.5. The number of rotatable bonds is 2. The molecule has 5 rings (SSSR count). The molecule has 0 aliphatic carbocycles. The van der Waals surface area contributed by atoms with Gasteiger partial charge in [-0.2, -0.15) is 0 Å². The molecule has 4 fully saturated rings. The summed E-state index contributed by atoms with van der Waals surface area (Å²) in [7, 11) is 0. The molecule has 1 aromatic rings. The third-order valence-electron chi connectivity index (χ3n) is 5.41. The van der Waals surface area contributed by atoms with Crippen LogP contribution in [-0.2, 0) is 6.54 Å². The summed E-state index contributed by atoms with van der Waals surface area (Å²) in [6.07, 6.45) is 1.43. The number of hydrogen-bond donors (Lipinski definition) is 0. The minimum Gasteiger partial charge on any atom is -0.306 e. The molecular formula is C17H24BrN2+. The van der Waals surface area contributed by atoms with Crippen molar-refractivity contribution in [2.45, 2.75) is 26.8 Å². The lowest BCUT2D eigenvalue weighted by Crippen LogP contribution is -2.77. The van der Waals surface area contributed by atoms with Crippen molar-refractivity contribution in [3.63, 3.8) is 0 Å².